The molecule has 0 N–H and O–H groups in total. The molecular weight excluding hydrogens is 394 g/mol. The van der Waals surface area contributed by atoms with Gasteiger partial charge in [0.05, 0.1) is 24.6 Å². The standard InChI is InChI=1S/C24H19N3O4/c1-30-24(29)17-9-10-20-16(14-17)11-12-26(20)23(28)21-15-19(22-8-5-13-31-22)25-27(21)18-6-3-2-4-7-18/h2-10,13-15H,11-12H2,1H3. The smallest absolute Gasteiger partial charge is 0.337 e. The first-order valence-electron chi connectivity index (χ1n) is 9.88. The van der Waals surface area contributed by atoms with E-state index in [1.807, 2.05) is 36.4 Å². The van der Waals surface area contributed by atoms with Crippen LogP contribution in [0.4, 0.5) is 5.69 Å². The molecule has 3 heterocycles. The highest BCUT2D eigenvalue weighted by molar-refractivity contribution is 6.07. The summed E-state index contributed by atoms with van der Waals surface area (Å²) < 4.78 is 11.9. The van der Waals surface area contributed by atoms with Gasteiger partial charge in [0.15, 0.2) is 5.76 Å². The van der Waals surface area contributed by atoms with Crippen molar-refractivity contribution in [3.05, 3.63) is 89.8 Å². The van der Waals surface area contributed by atoms with Gasteiger partial charge in [-0.1, -0.05) is 18.2 Å². The first-order chi connectivity index (χ1) is 15.2. The summed E-state index contributed by atoms with van der Waals surface area (Å²) in [5, 5.41) is 4.63. The van der Waals surface area contributed by atoms with Crippen LogP contribution < -0.4 is 4.90 Å². The van der Waals surface area contributed by atoms with Gasteiger partial charge in [-0.15, -0.1) is 0 Å². The minimum Gasteiger partial charge on any atom is -0.465 e. The largest absolute Gasteiger partial charge is 0.465 e. The molecule has 0 unspecified atom stereocenters. The summed E-state index contributed by atoms with van der Waals surface area (Å²) in [5.74, 6) is 0.0322. The van der Waals surface area contributed by atoms with E-state index in [1.165, 1.54) is 7.11 Å². The quantitative estimate of drug-likeness (QED) is 0.470. The Balaban J connectivity index is 1.55. The number of carbonyl (C=O) groups excluding carboxylic acids is 2. The summed E-state index contributed by atoms with van der Waals surface area (Å²) in [6.07, 6.45) is 2.24. The van der Waals surface area contributed by atoms with E-state index in [4.69, 9.17) is 9.15 Å². The summed E-state index contributed by atoms with van der Waals surface area (Å²) in [5.41, 5.74) is 4.00. The molecule has 1 amide bonds. The number of nitrogens with zero attached hydrogens (tertiary/aromatic N) is 3. The lowest BCUT2D eigenvalue weighted by molar-refractivity contribution is 0.0600. The number of anilines is 1. The van der Waals surface area contributed by atoms with Crippen molar-refractivity contribution in [2.45, 2.75) is 6.42 Å². The van der Waals surface area contributed by atoms with Crippen LogP contribution in [-0.2, 0) is 11.2 Å². The van der Waals surface area contributed by atoms with Crippen LogP contribution >= 0.6 is 0 Å². The van der Waals surface area contributed by atoms with Crippen LogP contribution in [0.2, 0.25) is 0 Å². The average molecular weight is 413 g/mol. The van der Waals surface area contributed by atoms with Crippen molar-refractivity contribution < 1.29 is 18.7 Å². The number of aromatic nitrogens is 2. The van der Waals surface area contributed by atoms with Crippen LogP contribution in [0.1, 0.15) is 26.4 Å². The molecule has 7 nitrogen and oxygen atoms in total. The van der Waals surface area contributed by atoms with E-state index in [0.29, 0.717) is 35.7 Å². The highest BCUT2D eigenvalue weighted by Gasteiger charge is 2.30. The lowest BCUT2D eigenvalue weighted by Crippen LogP contribution is -2.30. The molecule has 5 rings (SSSR count). The number of ether oxygens (including phenoxy) is 1. The number of carbonyl (C=O) groups is 2. The number of benzene rings is 2. The molecule has 2 aromatic heterocycles. The van der Waals surface area contributed by atoms with Crippen molar-refractivity contribution in [2.24, 2.45) is 0 Å². The molecule has 154 valence electrons. The fourth-order valence-electron chi connectivity index (χ4n) is 3.84. The maximum absolute atomic E-state index is 13.6. The molecule has 0 saturated heterocycles. The fourth-order valence-corrected chi connectivity index (χ4v) is 3.84. The number of amides is 1. The molecule has 7 heteroatoms. The van der Waals surface area contributed by atoms with Gasteiger partial charge in [-0.3, -0.25) is 4.79 Å². The minimum atomic E-state index is -0.391. The van der Waals surface area contributed by atoms with Crippen molar-refractivity contribution in [2.75, 3.05) is 18.6 Å². The Bertz CT molecular complexity index is 1260. The van der Waals surface area contributed by atoms with Crippen LogP contribution in [0.3, 0.4) is 0 Å². The lowest BCUT2D eigenvalue weighted by atomic mass is 10.1. The molecule has 1 aliphatic heterocycles. The van der Waals surface area contributed by atoms with Gasteiger partial charge in [0.2, 0.25) is 0 Å². The highest BCUT2D eigenvalue weighted by atomic mass is 16.5. The lowest BCUT2D eigenvalue weighted by Gasteiger charge is -2.18. The Labute approximate surface area is 178 Å². The van der Waals surface area contributed by atoms with Gasteiger partial charge in [-0.05, 0) is 54.4 Å². The van der Waals surface area contributed by atoms with Crippen LogP contribution in [0.5, 0.6) is 0 Å². The minimum absolute atomic E-state index is 0.168. The molecule has 1 aliphatic rings. The van der Waals surface area contributed by atoms with E-state index < -0.39 is 5.97 Å². The van der Waals surface area contributed by atoms with Crippen LogP contribution in [-0.4, -0.2) is 35.3 Å². The first kappa shape index (κ1) is 18.9. The normalized spacial score (nSPS) is 12.6. The predicted molar refractivity (Wildman–Crippen MR) is 114 cm³/mol. The van der Waals surface area contributed by atoms with Gasteiger partial charge in [-0.25, -0.2) is 9.48 Å². The van der Waals surface area contributed by atoms with Gasteiger partial charge >= 0.3 is 5.97 Å². The monoisotopic (exact) mass is 413 g/mol. The SMILES string of the molecule is COC(=O)c1ccc2c(c1)CCN2C(=O)c1cc(-c2ccco2)nn1-c1ccccc1. The molecule has 0 spiro atoms. The van der Waals surface area contributed by atoms with Crippen molar-refractivity contribution in [1.29, 1.82) is 0 Å². The fraction of sp³-hybridized carbons (Fsp3) is 0.125. The molecule has 0 atom stereocenters. The molecule has 0 radical (unpaired) electrons. The zero-order valence-corrected chi connectivity index (χ0v) is 16.8. The van der Waals surface area contributed by atoms with Crippen molar-refractivity contribution in [1.82, 2.24) is 9.78 Å². The van der Waals surface area contributed by atoms with E-state index in [1.54, 1.807) is 46.2 Å². The summed E-state index contributed by atoms with van der Waals surface area (Å²) >= 11 is 0. The number of rotatable bonds is 4. The summed E-state index contributed by atoms with van der Waals surface area (Å²) in [4.78, 5) is 27.2. The third-order valence-corrected chi connectivity index (χ3v) is 5.34. The number of para-hydroxylation sites is 1. The maximum Gasteiger partial charge on any atom is 0.337 e. The second-order valence-corrected chi connectivity index (χ2v) is 7.18. The van der Waals surface area contributed by atoms with Crippen LogP contribution in [0, 0.1) is 0 Å². The molecule has 0 fully saturated rings. The van der Waals surface area contributed by atoms with Gasteiger partial charge in [-0.2, -0.15) is 5.10 Å². The second kappa shape index (κ2) is 7.60. The second-order valence-electron chi connectivity index (χ2n) is 7.18. The Morgan fingerprint density at radius 1 is 1.03 bits per heavy atom. The zero-order valence-electron chi connectivity index (χ0n) is 16.8. The Hall–Kier alpha value is -4.13. The van der Waals surface area contributed by atoms with Gasteiger partial charge in [0.1, 0.15) is 11.4 Å². The van der Waals surface area contributed by atoms with E-state index in [0.717, 1.165) is 16.9 Å². The third-order valence-electron chi connectivity index (χ3n) is 5.34. The number of fused-ring (bicyclic) bond motifs is 1. The average Bonchev–Trinajstić information content (AvgIpc) is 3.57. The Morgan fingerprint density at radius 3 is 2.61 bits per heavy atom. The summed E-state index contributed by atoms with van der Waals surface area (Å²) in [6, 6.07) is 20.1. The first-order valence-corrected chi connectivity index (χ1v) is 9.88. The van der Waals surface area contributed by atoms with Gasteiger partial charge in [0.25, 0.3) is 5.91 Å². The summed E-state index contributed by atoms with van der Waals surface area (Å²) in [6.45, 7) is 0.523. The van der Waals surface area contributed by atoms with E-state index in [-0.39, 0.29) is 5.91 Å². The van der Waals surface area contributed by atoms with Crippen LogP contribution in [0.15, 0.2) is 77.4 Å². The molecular formula is C24H19N3O4. The van der Waals surface area contributed by atoms with E-state index >= 15 is 0 Å². The molecule has 0 aliphatic carbocycles. The molecule has 0 saturated carbocycles. The van der Waals surface area contributed by atoms with Crippen molar-refractivity contribution in [3.63, 3.8) is 0 Å². The summed E-state index contributed by atoms with van der Waals surface area (Å²) in [7, 11) is 1.35. The number of esters is 1. The molecule has 4 aromatic rings. The number of hydrogen-bond acceptors (Lipinski definition) is 5. The van der Waals surface area contributed by atoms with Crippen molar-refractivity contribution >= 4 is 17.6 Å². The highest BCUT2D eigenvalue weighted by Crippen LogP contribution is 2.32. The topological polar surface area (TPSA) is 77.6 Å². The molecule has 31 heavy (non-hydrogen) atoms. The van der Waals surface area contributed by atoms with E-state index in [2.05, 4.69) is 5.10 Å². The molecule has 0 bridgehead atoms. The van der Waals surface area contributed by atoms with Gasteiger partial charge in [0, 0.05) is 18.3 Å². The van der Waals surface area contributed by atoms with Gasteiger partial charge < -0.3 is 14.1 Å². The molecule has 2 aromatic carbocycles. The zero-order chi connectivity index (χ0) is 21.4. The maximum atomic E-state index is 13.6. The number of furan rings is 1. The number of hydrogen-bond donors (Lipinski definition) is 0. The Kier molecular flexibility index (Phi) is 4.63. The Morgan fingerprint density at radius 2 is 1.87 bits per heavy atom. The predicted octanol–water partition coefficient (Wildman–Crippen LogP) is 4.12. The van der Waals surface area contributed by atoms with Crippen molar-refractivity contribution in [3.8, 4) is 17.1 Å². The van der Waals surface area contributed by atoms with E-state index in [9.17, 15) is 9.59 Å². The third kappa shape index (κ3) is 3.30. The van der Waals surface area contributed by atoms with Crippen LogP contribution in [0.25, 0.3) is 17.1 Å². The number of methoxy groups -OCH3 is 1.